The van der Waals surface area contributed by atoms with Crippen LogP contribution in [0.2, 0.25) is 0 Å². The molecular weight excluding hydrogens is 212 g/mol. The molecule has 78 valence electrons. The predicted octanol–water partition coefficient (Wildman–Crippen LogP) is -0.772. The molecule has 0 aromatic carbocycles. The van der Waals surface area contributed by atoms with E-state index in [1.54, 1.807) is 7.11 Å². The van der Waals surface area contributed by atoms with E-state index in [1.165, 1.54) is 0 Å². The Morgan fingerprint density at radius 2 is 2.23 bits per heavy atom. The van der Waals surface area contributed by atoms with Crippen LogP contribution in [0.25, 0.3) is 0 Å². The second-order valence-corrected chi connectivity index (χ2v) is 4.80. The van der Waals surface area contributed by atoms with Gasteiger partial charge >= 0.3 is 0 Å². The first-order valence-electron chi connectivity index (χ1n) is 3.72. The Bertz CT molecular complexity index is 251. The molecule has 0 amide bonds. The largest absolute Gasteiger partial charge is 0.392 e. The summed E-state index contributed by atoms with van der Waals surface area (Å²) in [6.45, 7) is 0.869. The molecule has 0 atom stereocenters. The third-order valence-electron chi connectivity index (χ3n) is 1.18. The zero-order valence-corrected chi connectivity index (χ0v) is 9.08. The minimum Gasteiger partial charge on any atom is -0.392 e. The third-order valence-corrected chi connectivity index (χ3v) is 2.84. The summed E-state index contributed by atoms with van der Waals surface area (Å²) in [6, 6.07) is 0. The summed E-state index contributed by atoms with van der Waals surface area (Å²) in [4.78, 5) is -0.0285. The zero-order valence-electron chi connectivity index (χ0n) is 7.45. The van der Waals surface area contributed by atoms with Gasteiger partial charge in [-0.3, -0.25) is 0 Å². The molecule has 3 N–H and O–H groups in total. The lowest BCUT2D eigenvalue weighted by atomic mass is 10.5. The van der Waals surface area contributed by atoms with E-state index in [1.807, 2.05) is 0 Å². The van der Waals surface area contributed by atoms with Gasteiger partial charge in [-0.25, -0.2) is 13.1 Å². The van der Waals surface area contributed by atoms with E-state index in [-0.39, 0.29) is 10.7 Å². The third kappa shape index (κ3) is 8.10. The van der Waals surface area contributed by atoms with Gasteiger partial charge in [0.2, 0.25) is 10.0 Å². The molecular formula is C6H14N2O3S2. The van der Waals surface area contributed by atoms with Crippen LogP contribution >= 0.6 is 12.2 Å². The van der Waals surface area contributed by atoms with Crippen LogP contribution < -0.4 is 10.5 Å². The van der Waals surface area contributed by atoms with Gasteiger partial charge in [0, 0.05) is 20.3 Å². The van der Waals surface area contributed by atoms with Crippen molar-refractivity contribution in [1.82, 2.24) is 4.72 Å². The molecule has 7 heteroatoms. The molecule has 0 bridgehead atoms. The van der Waals surface area contributed by atoms with Crippen molar-refractivity contribution in [3.8, 4) is 0 Å². The number of sulfonamides is 1. The van der Waals surface area contributed by atoms with Crippen LogP contribution in [0.1, 0.15) is 6.42 Å². The highest BCUT2D eigenvalue weighted by Crippen LogP contribution is 1.86. The maximum Gasteiger partial charge on any atom is 0.218 e. The number of hydrogen-bond donors (Lipinski definition) is 2. The van der Waals surface area contributed by atoms with Crippen molar-refractivity contribution in [1.29, 1.82) is 0 Å². The monoisotopic (exact) mass is 226 g/mol. The Kier molecular flexibility index (Phi) is 6.13. The molecule has 0 aromatic heterocycles. The smallest absolute Gasteiger partial charge is 0.218 e. The van der Waals surface area contributed by atoms with Gasteiger partial charge in [0.15, 0.2) is 0 Å². The average Bonchev–Trinajstić information content (AvgIpc) is 1.95. The summed E-state index contributed by atoms with van der Waals surface area (Å²) in [6.07, 6.45) is 0.632. The van der Waals surface area contributed by atoms with E-state index >= 15 is 0 Å². The van der Waals surface area contributed by atoms with Crippen LogP contribution in [0.15, 0.2) is 0 Å². The van der Waals surface area contributed by atoms with Crippen LogP contribution in [0.3, 0.4) is 0 Å². The molecule has 0 fully saturated rings. The highest BCUT2D eigenvalue weighted by molar-refractivity contribution is 7.92. The molecule has 0 aliphatic heterocycles. The van der Waals surface area contributed by atoms with Gasteiger partial charge < -0.3 is 10.5 Å². The first-order chi connectivity index (χ1) is 5.98. The Balaban J connectivity index is 3.71. The van der Waals surface area contributed by atoms with Crippen LogP contribution in [-0.4, -0.2) is 39.4 Å². The molecule has 0 unspecified atom stereocenters. The molecule has 0 saturated heterocycles. The van der Waals surface area contributed by atoms with Gasteiger partial charge in [-0.05, 0) is 6.42 Å². The Hall–Kier alpha value is -0.240. The lowest BCUT2D eigenvalue weighted by Gasteiger charge is -2.04. The van der Waals surface area contributed by atoms with Crippen molar-refractivity contribution in [3.05, 3.63) is 0 Å². The number of nitrogens with one attached hydrogen (secondary N) is 1. The number of rotatable bonds is 7. The van der Waals surface area contributed by atoms with E-state index in [4.69, 9.17) is 10.5 Å². The first kappa shape index (κ1) is 12.8. The fourth-order valence-electron chi connectivity index (χ4n) is 0.682. The number of thiocarbonyl (C=S) groups is 1. The van der Waals surface area contributed by atoms with Gasteiger partial charge in [0.1, 0.15) is 5.75 Å². The minimum atomic E-state index is -3.33. The topological polar surface area (TPSA) is 81.4 Å². The second kappa shape index (κ2) is 6.25. The minimum absolute atomic E-state index is 0.0285. The van der Waals surface area contributed by atoms with Crippen LogP contribution in [0.4, 0.5) is 0 Å². The molecule has 0 aliphatic rings. The molecule has 0 radical (unpaired) electrons. The van der Waals surface area contributed by atoms with Crippen molar-refractivity contribution in [2.75, 3.05) is 26.0 Å². The number of ether oxygens (including phenoxy) is 1. The molecule has 0 aliphatic carbocycles. The summed E-state index contributed by atoms with van der Waals surface area (Å²) in [5.41, 5.74) is 5.10. The van der Waals surface area contributed by atoms with Gasteiger partial charge in [-0.1, -0.05) is 12.2 Å². The van der Waals surface area contributed by atoms with E-state index in [9.17, 15) is 8.42 Å². The van der Waals surface area contributed by atoms with Crippen molar-refractivity contribution in [2.45, 2.75) is 6.42 Å². The molecule has 0 heterocycles. The summed E-state index contributed by atoms with van der Waals surface area (Å²) in [7, 11) is -1.77. The van der Waals surface area contributed by atoms with E-state index in [2.05, 4.69) is 16.9 Å². The fourth-order valence-corrected chi connectivity index (χ4v) is 2.08. The zero-order chi connectivity index (χ0) is 10.3. The maximum atomic E-state index is 11.1. The Morgan fingerprint density at radius 3 is 2.69 bits per heavy atom. The van der Waals surface area contributed by atoms with Gasteiger partial charge in [-0.2, -0.15) is 0 Å². The average molecular weight is 226 g/mol. The quantitative estimate of drug-likeness (QED) is 0.440. The molecule has 0 aromatic rings. The number of nitrogens with two attached hydrogens (primary N) is 1. The predicted molar refractivity (Wildman–Crippen MR) is 55.1 cm³/mol. The van der Waals surface area contributed by atoms with Gasteiger partial charge in [0.05, 0.1) is 4.99 Å². The Labute approximate surface area is 83.7 Å². The normalized spacial score (nSPS) is 11.5. The van der Waals surface area contributed by atoms with Crippen LogP contribution in [0.5, 0.6) is 0 Å². The van der Waals surface area contributed by atoms with E-state index in [0.717, 1.165) is 0 Å². The lowest BCUT2D eigenvalue weighted by molar-refractivity contribution is 0.196. The summed E-state index contributed by atoms with van der Waals surface area (Å²) in [5, 5.41) is 0. The highest BCUT2D eigenvalue weighted by Gasteiger charge is 2.09. The van der Waals surface area contributed by atoms with E-state index < -0.39 is 10.0 Å². The Morgan fingerprint density at radius 1 is 1.62 bits per heavy atom. The molecule has 13 heavy (non-hydrogen) atoms. The SMILES string of the molecule is COCCCNS(=O)(=O)CC(N)=S. The van der Waals surface area contributed by atoms with Gasteiger partial charge in [0.25, 0.3) is 0 Å². The van der Waals surface area contributed by atoms with E-state index in [0.29, 0.717) is 19.6 Å². The lowest BCUT2D eigenvalue weighted by Crippen LogP contribution is -2.33. The van der Waals surface area contributed by atoms with Crippen molar-refractivity contribution in [2.24, 2.45) is 5.73 Å². The highest BCUT2D eigenvalue weighted by atomic mass is 32.2. The summed E-state index contributed by atoms with van der Waals surface area (Å²) >= 11 is 4.48. The van der Waals surface area contributed by atoms with Crippen molar-refractivity contribution >= 4 is 27.2 Å². The van der Waals surface area contributed by atoms with Crippen LogP contribution in [0, 0.1) is 0 Å². The standard InChI is InChI=1S/C6H14N2O3S2/c1-11-4-2-3-8-13(9,10)5-6(7)12/h8H,2-5H2,1H3,(H2,7,12). The van der Waals surface area contributed by atoms with Crippen molar-refractivity contribution in [3.63, 3.8) is 0 Å². The summed E-state index contributed by atoms with van der Waals surface area (Å²) in [5.74, 6) is -0.296. The van der Waals surface area contributed by atoms with Gasteiger partial charge in [-0.15, -0.1) is 0 Å². The molecule has 0 spiro atoms. The molecule has 5 nitrogen and oxygen atoms in total. The van der Waals surface area contributed by atoms with Crippen LogP contribution in [-0.2, 0) is 14.8 Å². The number of methoxy groups -OCH3 is 1. The van der Waals surface area contributed by atoms with Crippen molar-refractivity contribution < 1.29 is 13.2 Å². The molecule has 0 rings (SSSR count). The first-order valence-corrected chi connectivity index (χ1v) is 5.78. The number of hydrogen-bond acceptors (Lipinski definition) is 4. The fraction of sp³-hybridized carbons (Fsp3) is 0.833. The maximum absolute atomic E-state index is 11.1. The molecule has 0 saturated carbocycles. The second-order valence-electron chi connectivity index (χ2n) is 2.47. The summed E-state index contributed by atoms with van der Waals surface area (Å²) < 4.78 is 29.3.